The zero-order valence-electron chi connectivity index (χ0n) is 9.48. The molecule has 92 valence electrons. The van der Waals surface area contributed by atoms with Gasteiger partial charge in [0.05, 0.1) is 22.9 Å². The van der Waals surface area contributed by atoms with Gasteiger partial charge in [0.15, 0.2) is 0 Å². The first kappa shape index (κ1) is 13.1. The number of carbonyl (C=O) groups is 2. The van der Waals surface area contributed by atoms with Crippen LogP contribution in [0, 0.1) is 6.92 Å². The molecule has 0 saturated heterocycles. The number of anilines is 1. The highest BCUT2D eigenvalue weighted by molar-refractivity contribution is 7.80. The van der Waals surface area contributed by atoms with E-state index in [0.29, 0.717) is 11.4 Å². The fourth-order valence-corrected chi connectivity index (χ4v) is 1.22. The molecule has 0 spiro atoms. The molecule has 0 saturated carbocycles. The minimum atomic E-state index is -0.791. The normalized spacial score (nSPS) is 9.76. The molecule has 0 aliphatic carbocycles. The summed E-state index contributed by atoms with van der Waals surface area (Å²) in [5, 5.41) is 8.75. The van der Waals surface area contributed by atoms with Crippen molar-refractivity contribution in [2.24, 2.45) is 12.8 Å². The van der Waals surface area contributed by atoms with Crippen LogP contribution in [-0.4, -0.2) is 33.1 Å². The Morgan fingerprint density at radius 1 is 1.53 bits per heavy atom. The van der Waals surface area contributed by atoms with Gasteiger partial charge in [0, 0.05) is 13.2 Å². The summed E-state index contributed by atoms with van der Waals surface area (Å²) >= 11 is 4.57. The Labute approximate surface area is 103 Å². The third kappa shape index (κ3) is 3.83. The highest BCUT2D eigenvalue weighted by atomic mass is 32.1. The van der Waals surface area contributed by atoms with Crippen LogP contribution in [-0.2, 0) is 16.6 Å². The van der Waals surface area contributed by atoms with Crippen LogP contribution in [0.25, 0.3) is 0 Å². The van der Waals surface area contributed by atoms with E-state index in [4.69, 9.17) is 5.73 Å². The van der Waals surface area contributed by atoms with Crippen LogP contribution in [0.2, 0.25) is 0 Å². The molecule has 0 aliphatic heterocycles. The second-order valence-corrected chi connectivity index (χ2v) is 3.93. The Kier molecular flexibility index (Phi) is 4.16. The maximum absolute atomic E-state index is 11.4. The number of hydrogen-bond donors (Lipinski definition) is 3. The molecule has 1 aromatic rings. The summed E-state index contributed by atoms with van der Waals surface area (Å²) in [5.74, 6) is -1.57. The SMILES string of the molecule is Cc1nn(C)cc1NC(=O)C(=O)NCC(N)=S. The molecule has 17 heavy (non-hydrogen) atoms. The zero-order valence-corrected chi connectivity index (χ0v) is 10.3. The number of rotatable bonds is 3. The number of nitrogens with two attached hydrogens (primary N) is 1. The summed E-state index contributed by atoms with van der Waals surface area (Å²) < 4.78 is 1.54. The van der Waals surface area contributed by atoms with Crippen molar-refractivity contribution in [3.8, 4) is 0 Å². The van der Waals surface area contributed by atoms with E-state index >= 15 is 0 Å². The summed E-state index contributed by atoms with van der Waals surface area (Å²) in [4.78, 5) is 22.9. The van der Waals surface area contributed by atoms with E-state index < -0.39 is 11.8 Å². The Morgan fingerprint density at radius 2 is 2.18 bits per heavy atom. The fraction of sp³-hybridized carbons (Fsp3) is 0.333. The summed E-state index contributed by atoms with van der Waals surface area (Å²) in [5.41, 5.74) is 6.31. The largest absolute Gasteiger partial charge is 0.392 e. The summed E-state index contributed by atoms with van der Waals surface area (Å²) in [6, 6.07) is 0. The number of nitrogens with zero attached hydrogens (tertiary/aromatic N) is 2. The molecule has 0 aromatic carbocycles. The standard InChI is InChI=1S/C9H13N5O2S/c1-5-6(4-14(2)13-5)12-9(16)8(15)11-3-7(10)17/h4H,3H2,1-2H3,(H2,10,17)(H,11,15)(H,12,16). The van der Waals surface area contributed by atoms with Gasteiger partial charge in [-0.25, -0.2) is 0 Å². The van der Waals surface area contributed by atoms with Gasteiger partial charge in [-0.15, -0.1) is 0 Å². The third-order valence-corrected chi connectivity index (χ3v) is 2.04. The number of aryl methyl sites for hydroxylation is 2. The molecule has 0 bridgehead atoms. The molecule has 1 rings (SSSR count). The molecular formula is C9H13N5O2S. The lowest BCUT2D eigenvalue weighted by atomic mass is 10.4. The minimum Gasteiger partial charge on any atom is -0.392 e. The summed E-state index contributed by atoms with van der Waals surface area (Å²) in [6.45, 7) is 1.72. The first-order chi connectivity index (χ1) is 7.90. The van der Waals surface area contributed by atoms with E-state index in [0.717, 1.165) is 0 Å². The lowest BCUT2D eigenvalue weighted by Gasteiger charge is -2.04. The maximum Gasteiger partial charge on any atom is 0.313 e. The first-order valence-electron chi connectivity index (χ1n) is 4.78. The molecule has 0 radical (unpaired) electrons. The van der Waals surface area contributed by atoms with Crippen molar-refractivity contribution >= 4 is 34.7 Å². The van der Waals surface area contributed by atoms with E-state index in [1.165, 1.54) is 4.68 Å². The molecule has 0 unspecified atom stereocenters. The van der Waals surface area contributed by atoms with Crippen LogP contribution in [0.1, 0.15) is 5.69 Å². The van der Waals surface area contributed by atoms with E-state index in [1.54, 1.807) is 20.2 Å². The second kappa shape index (κ2) is 5.39. The predicted octanol–water partition coefficient (Wildman–Crippen LogP) is -0.931. The first-order valence-corrected chi connectivity index (χ1v) is 5.18. The van der Waals surface area contributed by atoms with Crippen molar-refractivity contribution in [2.45, 2.75) is 6.92 Å². The number of amides is 2. The molecule has 4 N–H and O–H groups in total. The Balaban J connectivity index is 2.57. The Hall–Kier alpha value is -1.96. The van der Waals surface area contributed by atoms with Crippen molar-refractivity contribution in [1.82, 2.24) is 15.1 Å². The average molecular weight is 255 g/mol. The van der Waals surface area contributed by atoms with Gasteiger partial charge in [-0.05, 0) is 6.92 Å². The second-order valence-electron chi connectivity index (χ2n) is 3.40. The van der Waals surface area contributed by atoms with E-state index in [2.05, 4.69) is 28.0 Å². The van der Waals surface area contributed by atoms with Crippen molar-refractivity contribution in [3.05, 3.63) is 11.9 Å². The highest BCUT2D eigenvalue weighted by Crippen LogP contribution is 2.10. The number of nitrogens with one attached hydrogen (secondary N) is 2. The van der Waals surface area contributed by atoms with Gasteiger partial charge in [0.25, 0.3) is 0 Å². The molecule has 2 amide bonds. The molecule has 7 nitrogen and oxygen atoms in total. The van der Waals surface area contributed by atoms with E-state index in [1.807, 2.05) is 0 Å². The quantitative estimate of drug-likeness (QED) is 0.478. The van der Waals surface area contributed by atoms with Gasteiger partial charge in [-0.2, -0.15) is 5.10 Å². The zero-order chi connectivity index (χ0) is 13.0. The fourth-order valence-electron chi connectivity index (χ4n) is 1.15. The van der Waals surface area contributed by atoms with E-state index in [-0.39, 0.29) is 11.5 Å². The van der Waals surface area contributed by atoms with Gasteiger partial charge >= 0.3 is 11.8 Å². The van der Waals surface area contributed by atoms with Crippen LogP contribution in [0.5, 0.6) is 0 Å². The molecule has 1 heterocycles. The molecule has 0 atom stereocenters. The monoisotopic (exact) mass is 255 g/mol. The van der Waals surface area contributed by atoms with Crippen molar-refractivity contribution in [3.63, 3.8) is 0 Å². The topological polar surface area (TPSA) is 102 Å². The van der Waals surface area contributed by atoms with Gasteiger partial charge in [-0.3, -0.25) is 14.3 Å². The molecule has 0 fully saturated rings. The maximum atomic E-state index is 11.4. The molecule has 0 aliphatic rings. The molecular weight excluding hydrogens is 242 g/mol. The third-order valence-electron chi connectivity index (χ3n) is 1.89. The smallest absolute Gasteiger partial charge is 0.313 e. The van der Waals surface area contributed by atoms with Crippen LogP contribution in [0.3, 0.4) is 0 Å². The van der Waals surface area contributed by atoms with Crippen molar-refractivity contribution in [1.29, 1.82) is 0 Å². The predicted molar refractivity (Wildman–Crippen MR) is 66.4 cm³/mol. The number of aromatic nitrogens is 2. The summed E-state index contributed by atoms with van der Waals surface area (Å²) in [7, 11) is 1.72. The number of carbonyl (C=O) groups excluding carboxylic acids is 2. The van der Waals surface area contributed by atoms with Gasteiger partial charge in [-0.1, -0.05) is 12.2 Å². The van der Waals surface area contributed by atoms with Crippen LogP contribution in [0.4, 0.5) is 5.69 Å². The van der Waals surface area contributed by atoms with E-state index in [9.17, 15) is 9.59 Å². The van der Waals surface area contributed by atoms with Crippen molar-refractivity contribution < 1.29 is 9.59 Å². The van der Waals surface area contributed by atoms with Gasteiger partial charge < -0.3 is 16.4 Å². The van der Waals surface area contributed by atoms with Crippen LogP contribution >= 0.6 is 12.2 Å². The van der Waals surface area contributed by atoms with Gasteiger partial charge in [0.1, 0.15) is 0 Å². The van der Waals surface area contributed by atoms with Crippen LogP contribution in [0.15, 0.2) is 6.20 Å². The Bertz CT molecular complexity index is 468. The average Bonchev–Trinajstić information content (AvgIpc) is 2.53. The van der Waals surface area contributed by atoms with Gasteiger partial charge in [0.2, 0.25) is 0 Å². The highest BCUT2D eigenvalue weighted by Gasteiger charge is 2.15. The lowest BCUT2D eigenvalue weighted by molar-refractivity contribution is -0.135. The number of thiocarbonyl (C=S) groups is 1. The molecule has 8 heteroatoms. The van der Waals surface area contributed by atoms with Crippen LogP contribution < -0.4 is 16.4 Å². The number of hydrogen-bond acceptors (Lipinski definition) is 4. The lowest BCUT2D eigenvalue weighted by Crippen LogP contribution is -2.39. The Morgan fingerprint density at radius 3 is 2.65 bits per heavy atom. The molecule has 1 aromatic heterocycles. The summed E-state index contributed by atoms with van der Waals surface area (Å²) in [6.07, 6.45) is 1.61. The minimum absolute atomic E-state index is 0.00634. The van der Waals surface area contributed by atoms with Crippen molar-refractivity contribution in [2.75, 3.05) is 11.9 Å².